The van der Waals surface area contributed by atoms with Crippen molar-refractivity contribution in [2.75, 3.05) is 68.1 Å². The fraction of sp³-hybridized carbons (Fsp3) is 0.455. The number of hydrogen-bond donors (Lipinski definition) is 0. The minimum Gasteiger partial charge on any atom is -0.493 e. The van der Waals surface area contributed by atoms with Crippen LogP contribution in [0.5, 0.6) is 17.2 Å². The number of allylic oxidation sites excluding steroid dienone is 2. The molecule has 0 saturated carbocycles. The molecule has 1 aliphatic rings. The van der Waals surface area contributed by atoms with E-state index >= 15 is 0 Å². The monoisotopic (exact) mass is 417 g/mol. The third kappa shape index (κ3) is 6.25. The van der Waals surface area contributed by atoms with E-state index in [1.165, 1.54) is 0 Å². The minimum atomic E-state index is -0.0388. The van der Waals surface area contributed by atoms with Gasteiger partial charge in [-0.15, -0.1) is 0 Å². The van der Waals surface area contributed by atoms with E-state index in [-0.39, 0.29) is 11.8 Å². The van der Waals surface area contributed by atoms with Crippen LogP contribution in [0.4, 0.5) is 0 Å². The second-order valence-electron chi connectivity index (χ2n) is 7.07. The van der Waals surface area contributed by atoms with Gasteiger partial charge in [0.05, 0.1) is 27.9 Å². The molecule has 164 valence electrons. The van der Waals surface area contributed by atoms with Gasteiger partial charge in [-0.25, -0.2) is 0 Å². The molecule has 2 amide bonds. The zero-order valence-electron chi connectivity index (χ0n) is 18.4. The van der Waals surface area contributed by atoms with Crippen LogP contribution in [0, 0.1) is 0 Å². The maximum Gasteiger partial charge on any atom is 0.246 e. The molecule has 0 unspecified atom stereocenters. The molecule has 0 atom stereocenters. The first kappa shape index (κ1) is 23.3. The fourth-order valence-electron chi connectivity index (χ4n) is 3.07. The Balaban J connectivity index is 1.91. The van der Waals surface area contributed by atoms with Crippen molar-refractivity contribution in [3.05, 3.63) is 35.9 Å². The highest BCUT2D eigenvalue weighted by Gasteiger charge is 2.21. The van der Waals surface area contributed by atoms with E-state index in [1.807, 2.05) is 18.2 Å². The van der Waals surface area contributed by atoms with Crippen LogP contribution in [0.2, 0.25) is 0 Å². The van der Waals surface area contributed by atoms with E-state index in [1.54, 1.807) is 63.5 Å². The summed E-state index contributed by atoms with van der Waals surface area (Å²) in [5, 5.41) is 0. The zero-order chi connectivity index (χ0) is 22.1. The Morgan fingerprint density at radius 3 is 2.07 bits per heavy atom. The summed E-state index contributed by atoms with van der Waals surface area (Å²) in [4.78, 5) is 29.6. The molecular formula is C22H31N3O5. The molecule has 8 nitrogen and oxygen atoms in total. The summed E-state index contributed by atoms with van der Waals surface area (Å²) in [6, 6.07) is 3.67. The predicted octanol–water partition coefficient (Wildman–Crippen LogP) is 1.51. The molecule has 0 radical (unpaired) electrons. The highest BCUT2D eigenvalue weighted by Crippen LogP contribution is 2.38. The maximum atomic E-state index is 12.4. The van der Waals surface area contributed by atoms with Crippen LogP contribution in [0.25, 0.3) is 6.08 Å². The Hall–Kier alpha value is -3.00. The molecule has 30 heavy (non-hydrogen) atoms. The molecule has 8 heteroatoms. The maximum absolute atomic E-state index is 12.4. The van der Waals surface area contributed by atoms with E-state index in [0.29, 0.717) is 50.0 Å². The number of likely N-dealkylation sites (N-methyl/N-ethyl adjacent to an activating group) is 1. The lowest BCUT2D eigenvalue weighted by Crippen LogP contribution is -2.50. The Bertz CT molecular complexity index is 771. The SMILES string of the molecule is COc1cc(C=CC=CC(=O)N2CCN(CC(=O)N(C)C)CC2)cc(OC)c1OC. The van der Waals surface area contributed by atoms with Crippen LogP contribution in [0.15, 0.2) is 30.4 Å². The van der Waals surface area contributed by atoms with Crippen molar-refractivity contribution in [2.24, 2.45) is 0 Å². The van der Waals surface area contributed by atoms with Gasteiger partial charge in [0.2, 0.25) is 17.6 Å². The average molecular weight is 418 g/mol. The van der Waals surface area contributed by atoms with Crippen LogP contribution in [-0.4, -0.2) is 94.7 Å². The summed E-state index contributed by atoms with van der Waals surface area (Å²) >= 11 is 0. The first-order chi connectivity index (χ1) is 14.4. The largest absolute Gasteiger partial charge is 0.493 e. The average Bonchev–Trinajstić information content (AvgIpc) is 2.76. The Morgan fingerprint density at radius 1 is 0.967 bits per heavy atom. The second kappa shape index (κ2) is 11.3. The number of rotatable bonds is 8. The van der Waals surface area contributed by atoms with E-state index in [2.05, 4.69) is 4.90 Å². The number of carbonyl (C=O) groups is 2. The third-order valence-electron chi connectivity index (χ3n) is 4.87. The number of hydrogen-bond acceptors (Lipinski definition) is 6. The van der Waals surface area contributed by atoms with Gasteiger partial charge in [0.15, 0.2) is 11.5 Å². The number of piperazine rings is 1. The fourth-order valence-corrected chi connectivity index (χ4v) is 3.07. The van der Waals surface area contributed by atoms with Gasteiger partial charge in [-0.1, -0.05) is 18.2 Å². The van der Waals surface area contributed by atoms with E-state index in [4.69, 9.17) is 14.2 Å². The highest BCUT2D eigenvalue weighted by molar-refractivity contribution is 5.88. The van der Waals surface area contributed by atoms with Crippen LogP contribution in [-0.2, 0) is 9.59 Å². The second-order valence-corrected chi connectivity index (χ2v) is 7.07. The smallest absolute Gasteiger partial charge is 0.246 e. The molecule has 1 fully saturated rings. The number of ether oxygens (including phenoxy) is 3. The number of methoxy groups -OCH3 is 3. The molecule has 2 rings (SSSR count). The van der Waals surface area contributed by atoms with Crippen molar-refractivity contribution in [1.29, 1.82) is 0 Å². The third-order valence-corrected chi connectivity index (χ3v) is 4.87. The first-order valence-corrected chi connectivity index (χ1v) is 9.75. The molecule has 1 aromatic rings. The summed E-state index contributed by atoms with van der Waals surface area (Å²) < 4.78 is 16.0. The molecule has 0 spiro atoms. The Morgan fingerprint density at radius 2 is 1.57 bits per heavy atom. The van der Waals surface area contributed by atoms with Gasteiger partial charge < -0.3 is 24.0 Å². The van der Waals surface area contributed by atoms with Crippen molar-refractivity contribution in [2.45, 2.75) is 0 Å². The zero-order valence-corrected chi connectivity index (χ0v) is 18.4. The molecule has 1 aliphatic heterocycles. The van der Waals surface area contributed by atoms with E-state index in [9.17, 15) is 9.59 Å². The molecular weight excluding hydrogens is 386 g/mol. The summed E-state index contributed by atoms with van der Waals surface area (Å²) in [6.07, 6.45) is 6.92. The lowest BCUT2D eigenvalue weighted by molar-refractivity contribution is -0.131. The first-order valence-electron chi connectivity index (χ1n) is 9.75. The van der Waals surface area contributed by atoms with Gasteiger partial charge in [0.1, 0.15) is 0 Å². The summed E-state index contributed by atoms with van der Waals surface area (Å²) in [6.45, 7) is 3.00. The molecule has 1 aromatic carbocycles. The molecule has 1 heterocycles. The highest BCUT2D eigenvalue weighted by atomic mass is 16.5. The van der Waals surface area contributed by atoms with Crippen molar-refractivity contribution < 1.29 is 23.8 Å². The molecule has 0 bridgehead atoms. The lowest BCUT2D eigenvalue weighted by Gasteiger charge is -2.34. The molecule has 0 aliphatic carbocycles. The van der Waals surface area contributed by atoms with Gasteiger partial charge in [-0.3, -0.25) is 14.5 Å². The van der Waals surface area contributed by atoms with E-state index < -0.39 is 0 Å². The van der Waals surface area contributed by atoms with Crippen LogP contribution >= 0.6 is 0 Å². The van der Waals surface area contributed by atoms with Crippen LogP contribution in [0.3, 0.4) is 0 Å². The van der Waals surface area contributed by atoms with Crippen molar-refractivity contribution in [1.82, 2.24) is 14.7 Å². The van der Waals surface area contributed by atoms with Crippen molar-refractivity contribution in [3.63, 3.8) is 0 Å². The van der Waals surface area contributed by atoms with Crippen LogP contribution in [0.1, 0.15) is 5.56 Å². The van der Waals surface area contributed by atoms with Crippen molar-refractivity contribution in [3.8, 4) is 17.2 Å². The number of amides is 2. The van der Waals surface area contributed by atoms with Crippen molar-refractivity contribution >= 4 is 17.9 Å². The van der Waals surface area contributed by atoms with Gasteiger partial charge in [0.25, 0.3) is 0 Å². The molecule has 1 saturated heterocycles. The number of benzene rings is 1. The molecule has 0 aromatic heterocycles. The number of nitrogens with zero attached hydrogens (tertiary/aromatic N) is 3. The normalized spacial score (nSPS) is 14.9. The standard InChI is InChI=1S/C22H31N3O5/c1-23(2)21(27)16-24-10-12-25(13-11-24)20(26)9-7-6-8-17-14-18(28-3)22(30-5)19(15-17)29-4/h6-9,14-15H,10-13,16H2,1-5H3. The quantitative estimate of drug-likeness (QED) is 0.472. The van der Waals surface area contributed by atoms with Crippen LogP contribution < -0.4 is 14.2 Å². The predicted molar refractivity (Wildman–Crippen MR) is 116 cm³/mol. The van der Waals surface area contributed by atoms with Gasteiger partial charge in [0, 0.05) is 46.4 Å². The minimum absolute atomic E-state index is 0.0388. The topological polar surface area (TPSA) is 71.6 Å². The van der Waals surface area contributed by atoms with E-state index in [0.717, 1.165) is 5.56 Å². The van der Waals surface area contributed by atoms with Gasteiger partial charge in [-0.05, 0) is 17.7 Å². The summed E-state index contributed by atoms with van der Waals surface area (Å²) in [7, 11) is 8.19. The molecule has 0 N–H and O–H groups in total. The summed E-state index contributed by atoms with van der Waals surface area (Å²) in [5.74, 6) is 1.72. The lowest BCUT2D eigenvalue weighted by atomic mass is 10.1. The Kier molecular flexibility index (Phi) is 8.73. The summed E-state index contributed by atoms with van der Waals surface area (Å²) in [5.41, 5.74) is 0.862. The number of carbonyl (C=O) groups excluding carboxylic acids is 2. The van der Waals surface area contributed by atoms with Gasteiger partial charge >= 0.3 is 0 Å². The Labute approximate surface area is 178 Å². The van der Waals surface area contributed by atoms with Gasteiger partial charge in [-0.2, -0.15) is 0 Å².